The topological polar surface area (TPSA) is 34.1 Å². The van der Waals surface area contributed by atoms with Crippen molar-refractivity contribution in [3.8, 4) is 11.5 Å². The van der Waals surface area contributed by atoms with Gasteiger partial charge in [-0.2, -0.15) is 0 Å². The van der Waals surface area contributed by atoms with Gasteiger partial charge in [-0.1, -0.05) is 60.7 Å². The van der Waals surface area contributed by atoms with E-state index in [1.165, 1.54) is 27.9 Å². The average molecular weight is 643 g/mol. The summed E-state index contributed by atoms with van der Waals surface area (Å²) >= 11 is 2.32. The van der Waals surface area contributed by atoms with E-state index < -0.39 is 0 Å². The van der Waals surface area contributed by atoms with E-state index in [0.29, 0.717) is 25.0 Å². The van der Waals surface area contributed by atoms with Crippen LogP contribution in [0.1, 0.15) is 66.3 Å². The highest BCUT2D eigenvalue weighted by Gasteiger charge is 2.35. The fourth-order valence-electron chi connectivity index (χ4n) is 6.27. The molecule has 0 saturated carbocycles. The summed E-state index contributed by atoms with van der Waals surface area (Å²) in [6.07, 6.45) is 4.20. The molecule has 2 atom stereocenters. The van der Waals surface area contributed by atoms with E-state index in [0.717, 1.165) is 52.3 Å². The Labute approximate surface area is 251 Å². The predicted molar refractivity (Wildman–Crippen MR) is 173 cm³/mol. The third kappa shape index (κ3) is 5.36. The highest BCUT2D eigenvalue weighted by atomic mass is 127. The molecule has 2 aliphatic heterocycles. The van der Waals surface area contributed by atoms with Crippen LogP contribution in [0.25, 0.3) is 0 Å². The zero-order valence-electron chi connectivity index (χ0n) is 23.1. The Morgan fingerprint density at radius 2 is 1.38 bits per heavy atom. The molecule has 0 radical (unpaired) electrons. The van der Waals surface area contributed by atoms with Gasteiger partial charge >= 0.3 is 0 Å². The van der Waals surface area contributed by atoms with Crippen molar-refractivity contribution in [2.45, 2.75) is 38.5 Å². The normalized spacial score (nSPS) is 18.0. The quantitative estimate of drug-likeness (QED) is 0.143. The number of aliphatic imine (C=N–C) groups is 1. The van der Waals surface area contributed by atoms with E-state index in [-0.39, 0.29) is 0 Å². The zero-order valence-corrected chi connectivity index (χ0v) is 25.3. The second kappa shape index (κ2) is 12.0. The molecule has 4 aromatic rings. The van der Waals surface area contributed by atoms with Gasteiger partial charge in [-0.25, -0.2) is 0 Å². The first-order valence-corrected chi connectivity index (χ1v) is 15.4. The maximum atomic E-state index is 5.92. The molecular formula is C35H35IN2O2. The molecular weight excluding hydrogens is 607 g/mol. The van der Waals surface area contributed by atoms with E-state index in [1.54, 1.807) is 0 Å². The SMILES string of the molecule is CCOc1cc(C=Nc2cc3c4c(c2)[C@H](c2ccccc2)CCN4CC[C@@H]3c2ccccc2)cc(I)c1OCC. The standard InChI is InChI=1S/C35H35IN2O2/c1-3-39-33-20-24(19-32(36)35(33)40-4-2)23-37-27-21-30-28(25-11-7-5-8-12-25)15-17-38-18-16-29(31(22-27)34(30)38)26-13-9-6-10-14-26/h5-14,19-23,28-29H,3-4,15-18H2,1-2H3/t28-,29+. The lowest BCUT2D eigenvalue weighted by atomic mass is 9.76. The summed E-state index contributed by atoms with van der Waals surface area (Å²) in [5.41, 5.74) is 9.00. The maximum Gasteiger partial charge on any atom is 0.174 e. The fourth-order valence-corrected chi connectivity index (χ4v) is 7.05. The minimum Gasteiger partial charge on any atom is -0.490 e. The zero-order chi connectivity index (χ0) is 27.5. The summed E-state index contributed by atoms with van der Waals surface area (Å²) < 4.78 is 12.8. The molecule has 0 spiro atoms. The summed E-state index contributed by atoms with van der Waals surface area (Å²) in [7, 11) is 0. The van der Waals surface area contributed by atoms with Gasteiger partial charge in [-0.3, -0.25) is 4.99 Å². The second-order valence-electron chi connectivity index (χ2n) is 10.4. The molecule has 6 rings (SSSR count). The van der Waals surface area contributed by atoms with Crippen LogP contribution in [0.3, 0.4) is 0 Å². The van der Waals surface area contributed by atoms with Gasteiger partial charge in [0.25, 0.3) is 0 Å². The maximum absolute atomic E-state index is 5.92. The van der Waals surface area contributed by atoms with Gasteiger partial charge in [0, 0.05) is 36.8 Å². The lowest BCUT2D eigenvalue weighted by Crippen LogP contribution is -2.37. The van der Waals surface area contributed by atoms with Crippen LogP contribution in [0, 0.1) is 3.57 Å². The number of hydrogen-bond acceptors (Lipinski definition) is 4. The molecule has 2 aliphatic rings. The van der Waals surface area contributed by atoms with E-state index in [1.807, 2.05) is 26.1 Å². The lowest BCUT2D eigenvalue weighted by Gasteiger charge is -2.43. The summed E-state index contributed by atoms with van der Waals surface area (Å²) in [6, 6.07) is 30.8. The molecule has 0 unspecified atom stereocenters. The molecule has 0 aromatic heterocycles. The number of rotatable bonds is 8. The Balaban J connectivity index is 1.46. The minimum atomic E-state index is 0.367. The predicted octanol–water partition coefficient (Wildman–Crippen LogP) is 8.72. The Bertz CT molecular complexity index is 1430. The van der Waals surface area contributed by atoms with Crippen LogP contribution in [-0.2, 0) is 0 Å². The molecule has 0 saturated heterocycles. The van der Waals surface area contributed by atoms with Crippen LogP contribution in [0.2, 0.25) is 0 Å². The molecule has 0 bridgehead atoms. The Morgan fingerprint density at radius 1 is 0.800 bits per heavy atom. The molecule has 4 aromatic carbocycles. The first-order chi connectivity index (χ1) is 19.7. The van der Waals surface area contributed by atoms with Crippen LogP contribution < -0.4 is 14.4 Å². The largest absolute Gasteiger partial charge is 0.490 e. The average Bonchev–Trinajstić information content (AvgIpc) is 2.99. The first kappa shape index (κ1) is 26.9. The fraction of sp³-hybridized carbons (Fsp3) is 0.286. The summed E-state index contributed by atoms with van der Waals surface area (Å²) in [4.78, 5) is 7.68. The number of hydrogen-bond donors (Lipinski definition) is 0. The van der Waals surface area contributed by atoms with Gasteiger partial charge in [-0.05, 0) is 101 Å². The van der Waals surface area contributed by atoms with Crippen molar-refractivity contribution in [1.82, 2.24) is 0 Å². The molecule has 204 valence electrons. The van der Waals surface area contributed by atoms with Crippen LogP contribution >= 0.6 is 22.6 Å². The summed E-state index contributed by atoms with van der Waals surface area (Å²) in [5.74, 6) is 2.30. The molecule has 0 fully saturated rings. The Morgan fingerprint density at radius 3 is 1.93 bits per heavy atom. The van der Waals surface area contributed by atoms with Crippen molar-refractivity contribution >= 4 is 40.2 Å². The van der Waals surface area contributed by atoms with Crippen LogP contribution in [-0.4, -0.2) is 32.5 Å². The van der Waals surface area contributed by atoms with E-state index in [4.69, 9.17) is 14.5 Å². The molecule has 40 heavy (non-hydrogen) atoms. The van der Waals surface area contributed by atoms with Gasteiger partial charge in [-0.15, -0.1) is 0 Å². The van der Waals surface area contributed by atoms with Gasteiger partial charge < -0.3 is 14.4 Å². The van der Waals surface area contributed by atoms with Crippen molar-refractivity contribution in [2.75, 3.05) is 31.2 Å². The number of ether oxygens (including phenoxy) is 2. The van der Waals surface area contributed by atoms with Crippen molar-refractivity contribution < 1.29 is 9.47 Å². The summed E-state index contributed by atoms with van der Waals surface area (Å²) in [5, 5.41) is 0. The highest BCUT2D eigenvalue weighted by Crippen LogP contribution is 2.50. The van der Waals surface area contributed by atoms with Gasteiger partial charge in [0.1, 0.15) is 0 Å². The molecule has 2 heterocycles. The highest BCUT2D eigenvalue weighted by molar-refractivity contribution is 14.1. The van der Waals surface area contributed by atoms with Crippen molar-refractivity contribution in [3.63, 3.8) is 0 Å². The number of halogens is 1. The lowest BCUT2D eigenvalue weighted by molar-refractivity contribution is 0.286. The Hall–Kier alpha value is -3.32. The van der Waals surface area contributed by atoms with Crippen LogP contribution in [0.4, 0.5) is 11.4 Å². The second-order valence-corrected chi connectivity index (χ2v) is 11.6. The van der Waals surface area contributed by atoms with Crippen LogP contribution in [0.15, 0.2) is 89.9 Å². The van der Waals surface area contributed by atoms with Gasteiger partial charge in [0.05, 0.1) is 22.5 Å². The third-order valence-corrected chi connectivity index (χ3v) is 8.78. The van der Waals surface area contributed by atoms with Gasteiger partial charge in [0.15, 0.2) is 11.5 Å². The van der Waals surface area contributed by atoms with Crippen molar-refractivity contribution in [2.24, 2.45) is 4.99 Å². The van der Waals surface area contributed by atoms with E-state index in [2.05, 4.69) is 106 Å². The molecule has 0 amide bonds. The molecule has 4 nitrogen and oxygen atoms in total. The monoisotopic (exact) mass is 642 g/mol. The number of nitrogens with zero attached hydrogens (tertiary/aromatic N) is 2. The van der Waals surface area contributed by atoms with E-state index >= 15 is 0 Å². The van der Waals surface area contributed by atoms with E-state index in [9.17, 15) is 0 Å². The van der Waals surface area contributed by atoms with Crippen molar-refractivity contribution in [3.05, 3.63) is 116 Å². The van der Waals surface area contributed by atoms with Gasteiger partial charge in [0.2, 0.25) is 0 Å². The molecule has 5 heteroatoms. The number of anilines is 1. The molecule has 0 N–H and O–H groups in total. The third-order valence-electron chi connectivity index (χ3n) is 7.98. The number of benzene rings is 4. The van der Waals surface area contributed by atoms with Crippen LogP contribution in [0.5, 0.6) is 11.5 Å². The first-order valence-electron chi connectivity index (χ1n) is 14.3. The summed E-state index contributed by atoms with van der Waals surface area (Å²) in [6.45, 7) is 7.36. The molecule has 0 aliphatic carbocycles. The smallest absolute Gasteiger partial charge is 0.174 e. The van der Waals surface area contributed by atoms with Crippen molar-refractivity contribution in [1.29, 1.82) is 0 Å². The minimum absolute atomic E-state index is 0.367. The Kier molecular flexibility index (Phi) is 8.10.